The summed E-state index contributed by atoms with van der Waals surface area (Å²) in [5.74, 6) is -1.26. The van der Waals surface area contributed by atoms with E-state index in [1.165, 1.54) is 12.8 Å². The highest BCUT2D eigenvalue weighted by molar-refractivity contribution is 6.43. The lowest BCUT2D eigenvalue weighted by Crippen LogP contribution is -2.54. The fourth-order valence-electron chi connectivity index (χ4n) is 4.64. The molecule has 218 valence electrons. The average Bonchev–Trinajstić information content (AvgIpc) is 2.84. The SMILES string of the molecule is CCCCN1CCC(CCCC(=O)N[C@@H](CCCN=C(N)N[N+](=O)[O-])C(=O)N[C@@H](CC(C)C)B(O)O)CC1. The van der Waals surface area contributed by atoms with Gasteiger partial charge in [-0.25, -0.2) is 15.1 Å². The molecule has 0 aromatic heterocycles. The molecule has 1 saturated heterocycles. The number of rotatable bonds is 18. The average molecular weight is 542 g/mol. The Labute approximate surface area is 226 Å². The van der Waals surface area contributed by atoms with Gasteiger partial charge in [0.15, 0.2) is 5.03 Å². The van der Waals surface area contributed by atoms with E-state index in [4.69, 9.17) is 5.73 Å². The number of nitrogens with two attached hydrogens (primary N) is 1. The van der Waals surface area contributed by atoms with Crippen molar-refractivity contribution in [3.05, 3.63) is 10.1 Å². The van der Waals surface area contributed by atoms with Crippen LogP contribution in [0.1, 0.15) is 85.0 Å². The highest BCUT2D eigenvalue weighted by atomic mass is 16.7. The van der Waals surface area contributed by atoms with Gasteiger partial charge >= 0.3 is 7.12 Å². The Bertz CT molecular complexity index is 748. The monoisotopic (exact) mass is 541 g/mol. The number of piperidine rings is 1. The highest BCUT2D eigenvalue weighted by Crippen LogP contribution is 2.22. The van der Waals surface area contributed by atoms with Crippen LogP contribution in [0.3, 0.4) is 0 Å². The first-order valence-corrected chi connectivity index (χ1v) is 13.9. The summed E-state index contributed by atoms with van der Waals surface area (Å²) in [4.78, 5) is 42.4. The van der Waals surface area contributed by atoms with Crippen molar-refractivity contribution in [2.24, 2.45) is 22.6 Å². The van der Waals surface area contributed by atoms with Crippen LogP contribution in [0.15, 0.2) is 4.99 Å². The van der Waals surface area contributed by atoms with Crippen LogP contribution < -0.4 is 21.8 Å². The molecule has 38 heavy (non-hydrogen) atoms. The van der Waals surface area contributed by atoms with Crippen molar-refractivity contribution in [2.75, 3.05) is 26.2 Å². The zero-order chi connectivity index (χ0) is 28.5. The number of carbonyl (C=O) groups excluding carboxylic acids is 2. The lowest BCUT2D eigenvalue weighted by atomic mass is 9.75. The zero-order valence-electron chi connectivity index (χ0n) is 23.2. The van der Waals surface area contributed by atoms with Gasteiger partial charge in [-0.3, -0.25) is 9.59 Å². The number of hydrazine groups is 1. The molecule has 0 bridgehead atoms. The number of unbranched alkanes of at least 4 members (excludes halogenated alkanes) is 1. The summed E-state index contributed by atoms with van der Waals surface area (Å²) < 4.78 is 0. The minimum atomic E-state index is -1.73. The van der Waals surface area contributed by atoms with E-state index in [1.807, 2.05) is 13.8 Å². The molecule has 0 radical (unpaired) electrons. The topological polar surface area (TPSA) is 195 Å². The molecule has 0 saturated carbocycles. The molecule has 1 fully saturated rings. The van der Waals surface area contributed by atoms with Gasteiger partial charge < -0.3 is 31.3 Å². The predicted octanol–water partition coefficient (Wildman–Crippen LogP) is 0.573. The van der Waals surface area contributed by atoms with Crippen LogP contribution >= 0.6 is 0 Å². The van der Waals surface area contributed by atoms with E-state index in [1.54, 1.807) is 5.43 Å². The van der Waals surface area contributed by atoms with Crippen molar-refractivity contribution in [3.63, 3.8) is 0 Å². The maximum Gasteiger partial charge on any atom is 0.475 e. The molecular weight excluding hydrogens is 493 g/mol. The van der Waals surface area contributed by atoms with Crippen LogP contribution in [0.5, 0.6) is 0 Å². The Morgan fingerprint density at radius 2 is 1.87 bits per heavy atom. The van der Waals surface area contributed by atoms with Gasteiger partial charge in [-0.1, -0.05) is 32.6 Å². The van der Waals surface area contributed by atoms with Crippen molar-refractivity contribution < 1.29 is 24.7 Å². The molecule has 2 amide bonds. The summed E-state index contributed by atoms with van der Waals surface area (Å²) in [5.41, 5.74) is 7.16. The van der Waals surface area contributed by atoms with E-state index in [0.29, 0.717) is 25.2 Å². The summed E-state index contributed by atoms with van der Waals surface area (Å²) in [7, 11) is -1.73. The molecule has 1 rings (SSSR count). The van der Waals surface area contributed by atoms with Crippen LogP contribution in [0.4, 0.5) is 0 Å². The second-order valence-electron chi connectivity index (χ2n) is 10.6. The van der Waals surface area contributed by atoms with Crippen molar-refractivity contribution in [1.82, 2.24) is 21.0 Å². The number of guanidine groups is 1. The van der Waals surface area contributed by atoms with Gasteiger partial charge in [-0.2, -0.15) is 0 Å². The fraction of sp³-hybridized carbons (Fsp3) is 0.875. The first-order valence-electron chi connectivity index (χ1n) is 13.9. The molecule has 7 N–H and O–H groups in total. The smallest absolute Gasteiger partial charge is 0.426 e. The Hall–Kier alpha value is -2.45. The number of nitrogens with zero attached hydrogens (tertiary/aromatic N) is 3. The fourth-order valence-corrected chi connectivity index (χ4v) is 4.64. The summed E-state index contributed by atoms with van der Waals surface area (Å²) in [5, 5.41) is 34.4. The van der Waals surface area contributed by atoms with Crippen molar-refractivity contribution >= 4 is 24.9 Å². The van der Waals surface area contributed by atoms with E-state index in [-0.39, 0.29) is 30.8 Å². The summed E-state index contributed by atoms with van der Waals surface area (Å²) in [6.07, 6.45) is 7.61. The Balaban J connectivity index is 2.61. The standard InChI is InChI=1S/C24H48BN7O6/c1-4-5-14-31-15-11-19(12-16-31)8-6-10-22(33)28-20(9-7-13-27-24(26)30-32(37)38)23(34)29-21(25(35)36)17-18(2)3/h18-21,35-36H,4-17H2,1-3H3,(H,28,33)(H,29,34)(H3,26,27,30)/t20-,21-/m0/s1. The van der Waals surface area contributed by atoms with Gasteiger partial charge in [0.2, 0.25) is 11.8 Å². The lowest BCUT2D eigenvalue weighted by Gasteiger charge is -2.31. The van der Waals surface area contributed by atoms with Crippen LogP contribution in [-0.2, 0) is 9.59 Å². The molecule has 0 aromatic rings. The van der Waals surface area contributed by atoms with E-state index >= 15 is 0 Å². The number of hydrogen-bond acceptors (Lipinski definition) is 8. The molecular formula is C24H48BN7O6. The molecule has 0 aromatic carbocycles. The largest absolute Gasteiger partial charge is 0.475 e. The summed E-state index contributed by atoms with van der Waals surface area (Å²) >= 11 is 0. The molecule has 0 unspecified atom stereocenters. The van der Waals surface area contributed by atoms with Crippen molar-refractivity contribution in [2.45, 2.75) is 97.0 Å². The van der Waals surface area contributed by atoms with Gasteiger partial charge in [0.1, 0.15) is 6.04 Å². The Kier molecular flexibility index (Phi) is 16.6. The molecule has 1 aliphatic rings. The first-order chi connectivity index (χ1) is 18.0. The van der Waals surface area contributed by atoms with Gasteiger partial charge in [0, 0.05) is 13.0 Å². The zero-order valence-corrected chi connectivity index (χ0v) is 23.2. The lowest BCUT2D eigenvalue weighted by molar-refractivity contribution is -0.525. The minimum absolute atomic E-state index is 0.111. The summed E-state index contributed by atoms with van der Waals surface area (Å²) in [6.45, 7) is 9.49. The molecule has 14 heteroatoms. The van der Waals surface area contributed by atoms with E-state index in [9.17, 15) is 29.8 Å². The van der Waals surface area contributed by atoms with Gasteiger partial charge in [-0.15, -0.1) is 0 Å². The highest BCUT2D eigenvalue weighted by Gasteiger charge is 2.29. The number of nitro groups is 1. The maximum atomic E-state index is 13.0. The third-order valence-electron chi connectivity index (χ3n) is 6.75. The molecule has 13 nitrogen and oxygen atoms in total. The number of carbonyl (C=O) groups is 2. The molecule has 2 atom stereocenters. The van der Waals surface area contributed by atoms with Gasteiger partial charge in [-0.05, 0) is 82.8 Å². The normalized spacial score (nSPS) is 16.6. The third-order valence-corrected chi connectivity index (χ3v) is 6.75. The molecule has 0 spiro atoms. The first kappa shape index (κ1) is 33.6. The van der Waals surface area contributed by atoms with Crippen LogP contribution in [0.2, 0.25) is 0 Å². The second-order valence-corrected chi connectivity index (χ2v) is 10.6. The molecule has 1 heterocycles. The molecule has 1 aliphatic heterocycles. The molecule has 0 aliphatic carbocycles. The number of amides is 2. The van der Waals surface area contributed by atoms with E-state index in [2.05, 4.69) is 27.4 Å². The van der Waals surface area contributed by atoms with Crippen molar-refractivity contribution in [3.8, 4) is 0 Å². The minimum Gasteiger partial charge on any atom is -0.426 e. The van der Waals surface area contributed by atoms with E-state index in [0.717, 1.165) is 45.3 Å². The van der Waals surface area contributed by atoms with Crippen LogP contribution in [-0.4, -0.2) is 83.0 Å². The number of aliphatic imine (C=N–C) groups is 1. The number of likely N-dealkylation sites (tertiary alicyclic amines) is 1. The maximum absolute atomic E-state index is 13.0. The van der Waals surface area contributed by atoms with E-state index < -0.39 is 30.0 Å². The third kappa shape index (κ3) is 15.1. The van der Waals surface area contributed by atoms with Crippen LogP contribution in [0, 0.1) is 22.0 Å². The Morgan fingerprint density at radius 1 is 1.18 bits per heavy atom. The number of hydrogen-bond donors (Lipinski definition) is 6. The number of nitrogens with one attached hydrogen (secondary N) is 3. The van der Waals surface area contributed by atoms with Crippen LogP contribution in [0.25, 0.3) is 0 Å². The van der Waals surface area contributed by atoms with Crippen molar-refractivity contribution in [1.29, 1.82) is 0 Å². The van der Waals surface area contributed by atoms with Gasteiger partial charge in [0.05, 0.1) is 5.94 Å². The Morgan fingerprint density at radius 3 is 2.45 bits per heavy atom. The predicted molar refractivity (Wildman–Crippen MR) is 147 cm³/mol. The second kappa shape index (κ2) is 18.7. The summed E-state index contributed by atoms with van der Waals surface area (Å²) in [6, 6.07) is -0.905. The van der Waals surface area contributed by atoms with Gasteiger partial charge in [0.25, 0.3) is 5.96 Å². The quantitative estimate of drug-likeness (QED) is 0.0359.